The lowest BCUT2D eigenvalue weighted by molar-refractivity contribution is -0.116. The minimum atomic E-state index is -0.0650. The molecule has 0 atom stereocenters. The summed E-state index contributed by atoms with van der Waals surface area (Å²) in [6.07, 6.45) is 4.47. The number of anilines is 2. The van der Waals surface area contributed by atoms with E-state index in [2.05, 4.69) is 27.2 Å². The fraction of sp³-hybridized carbons (Fsp3) is 0.455. The lowest BCUT2D eigenvalue weighted by Gasteiger charge is -2.34. The number of amides is 2. The van der Waals surface area contributed by atoms with Gasteiger partial charge in [-0.2, -0.15) is 0 Å². The summed E-state index contributed by atoms with van der Waals surface area (Å²) in [6.45, 7) is 5.77. The fourth-order valence-corrected chi connectivity index (χ4v) is 3.94. The minimum Gasteiger partial charge on any atom is -0.459 e. The molecule has 2 aromatic rings. The maximum atomic E-state index is 12.3. The molecule has 7 heteroatoms. The first-order chi connectivity index (χ1) is 14.2. The first-order valence-corrected chi connectivity index (χ1v) is 10.4. The van der Waals surface area contributed by atoms with Crippen LogP contribution in [0.4, 0.5) is 11.4 Å². The molecule has 3 heterocycles. The zero-order chi connectivity index (χ0) is 20.1. The number of piperazine rings is 1. The molecule has 154 valence electrons. The van der Waals surface area contributed by atoms with E-state index in [0.29, 0.717) is 31.8 Å². The van der Waals surface area contributed by atoms with Crippen molar-refractivity contribution in [3.63, 3.8) is 0 Å². The molecule has 1 aromatic heterocycles. The average molecular weight is 396 g/mol. The van der Waals surface area contributed by atoms with E-state index < -0.39 is 0 Å². The second-order valence-electron chi connectivity index (χ2n) is 7.65. The third kappa shape index (κ3) is 4.98. The van der Waals surface area contributed by atoms with E-state index in [-0.39, 0.29) is 11.8 Å². The van der Waals surface area contributed by atoms with Crippen LogP contribution in [0.1, 0.15) is 29.8 Å². The van der Waals surface area contributed by atoms with Gasteiger partial charge < -0.3 is 19.5 Å². The molecule has 2 amide bonds. The number of furan rings is 1. The summed E-state index contributed by atoms with van der Waals surface area (Å²) in [7, 11) is 0. The largest absolute Gasteiger partial charge is 0.459 e. The Balaban J connectivity index is 1.18. The van der Waals surface area contributed by atoms with Crippen LogP contribution in [0.5, 0.6) is 0 Å². The summed E-state index contributed by atoms with van der Waals surface area (Å²) in [5.74, 6) is 0.339. The summed E-state index contributed by atoms with van der Waals surface area (Å²) in [6, 6.07) is 11.5. The highest BCUT2D eigenvalue weighted by atomic mass is 16.3. The number of benzene rings is 1. The first kappa shape index (κ1) is 19.5. The SMILES string of the molecule is O=C(CCN1CCN(C(=O)c2ccco2)CC1)Nc1ccc(N2CCCC2)cc1. The molecule has 7 nitrogen and oxygen atoms in total. The Hall–Kier alpha value is -2.80. The Kier molecular flexibility index (Phi) is 6.14. The molecule has 2 aliphatic rings. The maximum absolute atomic E-state index is 12.3. The highest BCUT2D eigenvalue weighted by molar-refractivity contribution is 5.92. The van der Waals surface area contributed by atoms with Gasteiger partial charge in [-0.3, -0.25) is 14.5 Å². The van der Waals surface area contributed by atoms with Crippen LogP contribution in [-0.4, -0.2) is 67.4 Å². The van der Waals surface area contributed by atoms with E-state index in [4.69, 9.17) is 4.42 Å². The standard InChI is InChI=1S/C22H28N4O3/c27-21(23-18-5-7-19(8-6-18)25-10-1-2-11-25)9-12-24-13-15-26(16-14-24)22(28)20-4-3-17-29-20/h3-8,17H,1-2,9-16H2,(H,23,27). The molecule has 1 N–H and O–H groups in total. The molecule has 0 bridgehead atoms. The zero-order valence-corrected chi connectivity index (χ0v) is 16.7. The number of nitrogens with one attached hydrogen (secondary N) is 1. The van der Waals surface area contributed by atoms with Crippen molar-refractivity contribution in [3.8, 4) is 0 Å². The van der Waals surface area contributed by atoms with Crippen molar-refractivity contribution < 1.29 is 14.0 Å². The quantitative estimate of drug-likeness (QED) is 0.813. The fourth-order valence-electron chi connectivity index (χ4n) is 3.94. The molecule has 2 aliphatic heterocycles. The molecular weight excluding hydrogens is 368 g/mol. The van der Waals surface area contributed by atoms with Crippen LogP contribution in [0.25, 0.3) is 0 Å². The number of carbonyl (C=O) groups is 2. The Morgan fingerprint density at radius 1 is 0.931 bits per heavy atom. The third-order valence-corrected chi connectivity index (χ3v) is 5.67. The van der Waals surface area contributed by atoms with Gasteiger partial charge in [0.1, 0.15) is 0 Å². The second-order valence-corrected chi connectivity index (χ2v) is 7.65. The van der Waals surface area contributed by atoms with Crippen molar-refractivity contribution >= 4 is 23.2 Å². The molecule has 2 saturated heterocycles. The first-order valence-electron chi connectivity index (χ1n) is 10.4. The van der Waals surface area contributed by atoms with Gasteiger partial charge in [0.05, 0.1) is 6.26 Å². The summed E-state index contributed by atoms with van der Waals surface area (Å²) < 4.78 is 5.19. The van der Waals surface area contributed by atoms with E-state index in [0.717, 1.165) is 31.9 Å². The molecule has 0 saturated carbocycles. The number of hydrogen-bond donors (Lipinski definition) is 1. The van der Waals surface area contributed by atoms with Crippen LogP contribution < -0.4 is 10.2 Å². The van der Waals surface area contributed by atoms with E-state index in [1.54, 1.807) is 17.0 Å². The Morgan fingerprint density at radius 3 is 2.31 bits per heavy atom. The highest BCUT2D eigenvalue weighted by Gasteiger charge is 2.23. The topological polar surface area (TPSA) is 69.0 Å². The molecule has 0 radical (unpaired) electrons. The normalized spacial score (nSPS) is 17.5. The van der Waals surface area contributed by atoms with Gasteiger partial charge in [0.2, 0.25) is 5.91 Å². The molecule has 0 unspecified atom stereocenters. The summed E-state index contributed by atoms with van der Waals surface area (Å²) >= 11 is 0. The van der Waals surface area contributed by atoms with Crippen molar-refractivity contribution in [3.05, 3.63) is 48.4 Å². The van der Waals surface area contributed by atoms with Crippen LogP contribution in [-0.2, 0) is 4.79 Å². The Labute approximate surface area is 171 Å². The van der Waals surface area contributed by atoms with Crippen LogP contribution >= 0.6 is 0 Å². The number of hydrogen-bond acceptors (Lipinski definition) is 5. The molecule has 4 rings (SSSR count). The summed E-state index contributed by atoms with van der Waals surface area (Å²) in [5.41, 5.74) is 2.06. The van der Waals surface area contributed by atoms with E-state index in [1.165, 1.54) is 24.8 Å². The van der Waals surface area contributed by atoms with Gasteiger partial charge in [-0.05, 0) is 49.2 Å². The number of carbonyl (C=O) groups excluding carboxylic acids is 2. The monoisotopic (exact) mass is 396 g/mol. The van der Waals surface area contributed by atoms with Crippen LogP contribution in [0.2, 0.25) is 0 Å². The smallest absolute Gasteiger partial charge is 0.289 e. The van der Waals surface area contributed by atoms with Crippen LogP contribution in [0, 0.1) is 0 Å². The predicted octanol–water partition coefficient (Wildman–Crippen LogP) is 2.67. The van der Waals surface area contributed by atoms with Gasteiger partial charge in [0, 0.05) is 63.6 Å². The van der Waals surface area contributed by atoms with Crippen molar-refractivity contribution in [2.75, 3.05) is 56.0 Å². The molecule has 1 aromatic carbocycles. The number of nitrogens with zero attached hydrogens (tertiary/aromatic N) is 3. The van der Waals surface area contributed by atoms with Crippen LogP contribution in [0.15, 0.2) is 47.1 Å². The number of rotatable bonds is 6. The highest BCUT2D eigenvalue weighted by Crippen LogP contribution is 2.22. The van der Waals surface area contributed by atoms with Gasteiger partial charge >= 0.3 is 0 Å². The van der Waals surface area contributed by atoms with Crippen LogP contribution in [0.3, 0.4) is 0 Å². The second kappa shape index (κ2) is 9.13. The maximum Gasteiger partial charge on any atom is 0.289 e. The van der Waals surface area contributed by atoms with Gasteiger partial charge in [0.15, 0.2) is 5.76 Å². The zero-order valence-electron chi connectivity index (χ0n) is 16.7. The van der Waals surface area contributed by atoms with E-state index in [1.807, 2.05) is 12.1 Å². The summed E-state index contributed by atoms with van der Waals surface area (Å²) in [5, 5.41) is 2.98. The van der Waals surface area contributed by atoms with Gasteiger partial charge in [-0.15, -0.1) is 0 Å². The lowest BCUT2D eigenvalue weighted by atomic mass is 10.2. The van der Waals surface area contributed by atoms with Gasteiger partial charge in [0.25, 0.3) is 5.91 Å². The molecule has 0 spiro atoms. The molecule has 0 aliphatic carbocycles. The van der Waals surface area contributed by atoms with Crippen molar-refractivity contribution in [2.24, 2.45) is 0 Å². The lowest BCUT2D eigenvalue weighted by Crippen LogP contribution is -2.49. The molecular formula is C22H28N4O3. The van der Waals surface area contributed by atoms with Crippen molar-refractivity contribution in [1.82, 2.24) is 9.80 Å². The van der Waals surface area contributed by atoms with Crippen molar-refractivity contribution in [2.45, 2.75) is 19.3 Å². The summed E-state index contributed by atoms with van der Waals surface area (Å²) in [4.78, 5) is 31.0. The third-order valence-electron chi connectivity index (χ3n) is 5.67. The van der Waals surface area contributed by atoms with Gasteiger partial charge in [-0.1, -0.05) is 0 Å². The Bertz CT molecular complexity index is 805. The Morgan fingerprint density at radius 2 is 1.66 bits per heavy atom. The van der Waals surface area contributed by atoms with Gasteiger partial charge in [-0.25, -0.2) is 0 Å². The van der Waals surface area contributed by atoms with E-state index in [9.17, 15) is 9.59 Å². The molecule has 29 heavy (non-hydrogen) atoms. The minimum absolute atomic E-state index is 0.0213. The van der Waals surface area contributed by atoms with E-state index >= 15 is 0 Å². The molecule has 2 fully saturated rings. The predicted molar refractivity (Wildman–Crippen MR) is 112 cm³/mol. The average Bonchev–Trinajstić information content (AvgIpc) is 3.47. The van der Waals surface area contributed by atoms with Crippen molar-refractivity contribution in [1.29, 1.82) is 0 Å².